The summed E-state index contributed by atoms with van der Waals surface area (Å²) in [5.74, 6) is 0.375. The van der Waals surface area contributed by atoms with E-state index in [2.05, 4.69) is 148 Å². The van der Waals surface area contributed by atoms with E-state index in [1.54, 1.807) is 25.2 Å². The zero-order valence-corrected chi connectivity index (χ0v) is 70.1. The molecule has 11 heteroatoms. The highest BCUT2D eigenvalue weighted by atomic mass is 16.5. The molecule has 0 aromatic rings. The summed E-state index contributed by atoms with van der Waals surface area (Å²) in [6, 6.07) is 0. The Balaban J connectivity index is 0.000000135. The minimum absolute atomic E-state index is 0.00183. The van der Waals surface area contributed by atoms with E-state index in [9.17, 15) is 43.2 Å². The van der Waals surface area contributed by atoms with Gasteiger partial charge in [0.05, 0.1) is 12.5 Å². The van der Waals surface area contributed by atoms with Crippen LogP contribution in [0, 0.1) is 117 Å². The van der Waals surface area contributed by atoms with E-state index >= 15 is 0 Å². The smallest absolute Gasteiger partial charge is 0.311 e. The fraction of sp³-hybridized carbons (Fsp3) is 0.719. The number of carbonyl (C=O) groups excluding carboxylic acids is 9. The van der Waals surface area contributed by atoms with Crippen LogP contribution in [0.1, 0.15) is 300 Å². The molecular formula is C96H131NO10. The molecule has 1 saturated heterocycles. The number of allylic oxidation sites excluding steroid dienone is 18. The lowest BCUT2D eigenvalue weighted by molar-refractivity contribution is -0.180. The van der Waals surface area contributed by atoms with Crippen LogP contribution in [0.3, 0.4) is 0 Å². The van der Waals surface area contributed by atoms with E-state index in [1.165, 1.54) is 36.7 Å². The van der Waals surface area contributed by atoms with Crippen molar-refractivity contribution in [1.82, 2.24) is 4.90 Å². The third kappa shape index (κ3) is 10.5. The lowest BCUT2D eigenvalue weighted by atomic mass is 9.34. The van der Waals surface area contributed by atoms with Gasteiger partial charge >= 0.3 is 5.97 Å². The maximum absolute atomic E-state index is 13.9. The Morgan fingerprint density at radius 1 is 0.383 bits per heavy atom. The summed E-state index contributed by atoms with van der Waals surface area (Å²) in [6.07, 6.45) is 37.0. The summed E-state index contributed by atoms with van der Waals surface area (Å²) in [5, 5.41) is 0. The summed E-state index contributed by atoms with van der Waals surface area (Å²) in [5.41, 5.74) is 12.4. The maximum Gasteiger partial charge on any atom is 0.311 e. The van der Waals surface area contributed by atoms with Crippen molar-refractivity contribution in [2.75, 3.05) is 20.2 Å². The largest absolute Gasteiger partial charge is 0.469 e. The Morgan fingerprint density at radius 2 is 0.664 bits per heavy atom. The fourth-order valence-electron chi connectivity index (χ4n) is 29.2. The SMILES string of the molecule is CC(=O)[C@]1(C)CC[C@]2(C)CC[C@]3(C)C4=CC(C)C5=C(C)C(=O)C(=O)C=C5[C@]4(C)CC[C@@]3(C)[C@@H]2C1.CC1=C2C(=CC(=O)C1=O)[C@]1(C)CC[C@@]3(C)[C@@H]4C[C@](C)(C(=O)N5CCCC5)CC[C@]4(C)CC[C@]3(C)C1=CC2C.COC(=O)[C@]1(C)CC[C@]2(C)CC[C@]3(C)C4=CC(C)C5=C(C)C(=O)C(=O)C=C5[C@]4(C)CC[C@@]3(C)[C@@H]2C1. The van der Waals surface area contributed by atoms with Crippen LogP contribution in [0.25, 0.3) is 0 Å². The molecule has 0 aromatic heterocycles. The standard InChI is InChI=1S/C34H47NO3.C31H42O4.C31H42O3/c1-21-18-25-32(5,23-19-24(36)28(37)22(2)27(21)23)13-15-34(7)26-20-31(4,29(38)35-16-8-9-17-35)11-10-30(26,3)12-14-33(25,34)6;1-18-15-22-29(5,20-16-21(32)25(33)19(2)24(18)20)12-14-31(7)23-17-28(4,26(34)35-8)10-9-27(23,3)11-13-30(22,31)6;1-18-15-23-29(6,21-16-22(33)26(34)19(2)25(18)21)12-14-31(8)24-17-28(5,20(3)32)10-9-27(24,4)11-13-30(23,31)7/h18-19,21,26H,8-17,20H2,1-7H3;15-16,18,23H,9-14,17H2,1-8H3;15-16,18,24H,9-14,17H2,1-8H3/t21?,26-,30-,31-,32+,33-,34+;18?,23-,27-,28-,29+,30-,31+;18?,24-,27-,28-,29+,30-,31+/m111/s1. The highest BCUT2D eigenvalue weighted by Gasteiger charge is 2.72. The van der Waals surface area contributed by atoms with Gasteiger partial charge in [0.2, 0.25) is 40.6 Å². The van der Waals surface area contributed by atoms with E-state index < -0.39 is 5.41 Å². The van der Waals surface area contributed by atoms with Crippen LogP contribution >= 0.6 is 0 Å². The van der Waals surface area contributed by atoms with Crippen LogP contribution in [0.2, 0.25) is 0 Å². The van der Waals surface area contributed by atoms with Gasteiger partial charge < -0.3 is 9.64 Å². The zero-order valence-electron chi connectivity index (χ0n) is 70.1. The second-order valence-electron chi connectivity index (χ2n) is 42.7. The van der Waals surface area contributed by atoms with E-state index in [4.69, 9.17) is 4.74 Å². The van der Waals surface area contributed by atoms with Gasteiger partial charge in [0.15, 0.2) is 0 Å². The van der Waals surface area contributed by atoms with Crippen molar-refractivity contribution in [2.24, 2.45) is 117 Å². The second-order valence-corrected chi connectivity index (χ2v) is 42.7. The van der Waals surface area contributed by atoms with Gasteiger partial charge in [0, 0.05) is 56.9 Å². The molecule has 21 atom stereocenters. The normalized spacial score (nSPS) is 47.3. The molecule has 15 aliphatic carbocycles. The van der Waals surface area contributed by atoms with Crippen LogP contribution in [-0.4, -0.2) is 77.5 Å². The average Bonchev–Trinajstić information content (AvgIpc) is 0.744. The molecule has 580 valence electrons. The van der Waals surface area contributed by atoms with Crippen molar-refractivity contribution in [1.29, 1.82) is 0 Å². The third-order valence-electron chi connectivity index (χ3n) is 37.3. The first-order chi connectivity index (χ1) is 49.5. The fourth-order valence-corrected chi connectivity index (χ4v) is 29.2. The molecular weight excluding hydrogens is 1330 g/mol. The first-order valence-electron chi connectivity index (χ1n) is 42.1. The van der Waals surface area contributed by atoms with Gasteiger partial charge in [0.1, 0.15) is 5.78 Å². The number of ketones is 7. The van der Waals surface area contributed by atoms with Crippen molar-refractivity contribution in [3.8, 4) is 0 Å². The molecule has 1 aliphatic heterocycles. The van der Waals surface area contributed by atoms with E-state index in [0.717, 1.165) is 181 Å². The Labute approximate surface area is 641 Å². The number of rotatable bonds is 3. The number of hydrogen-bond acceptors (Lipinski definition) is 10. The number of ether oxygens (including phenoxy) is 1. The second kappa shape index (κ2) is 24.6. The van der Waals surface area contributed by atoms with Gasteiger partial charge in [0.25, 0.3) is 0 Å². The van der Waals surface area contributed by atoms with Gasteiger partial charge in [-0.05, 0) is 318 Å². The van der Waals surface area contributed by atoms with Gasteiger partial charge in [-0.3, -0.25) is 43.2 Å². The van der Waals surface area contributed by atoms with E-state index in [-0.39, 0.29) is 134 Å². The molecule has 10 fully saturated rings. The maximum atomic E-state index is 13.9. The first-order valence-corrected chi connectivity index (χ1v) is 42.1. The van der Waals surface area contributed by atoms with Crippen molar-refractivity contribution >= 4 is 52.4 Å². The quantitative estimate of drug-likeness (QED) is 0.115. The van der Waals surface area contributed by atoms with Crippen LogP contribution in [0.5, 0.6) is 0 Å². The molecule has 0 radical (unpaired) electrons. The molecule has 0 bridgehead atoms. The highest BCUT2D eigenvalue weighted by molar-refractivity contribution is 6.49. The van der Waals surface area contributed by atoms with Crippen molar-refractivity contribution in [3.05, 3.63) is 103 Å². The number of esters is 1. The van der Waals surface area contributed by atoms with Gasteiger partial charge in [-0.25, -0.2) is 0 Å². The average molecular weight is 1460 g/mol. The van der Waals surface area contributed by atoms with Crippen molar-refractivity contribution in [2.45, 2.75) is 300 Å². The van der Waals surface area contributed by atoms with Crippen LogP contribution in [-0.2, 0) is 47.9 Å². The lowest BCUT2D eigenvalue weighted by Crippen LogP contribution is -2.63. The number of methoxy groups -OCH3 is 1. The van der Waals surface area contributed by atoms with Gasteiger partial charge in [-0.15, -0.1) is 0 Å². The molecule has 0 spiro atoms. The number of carbonyl (C=O) groups is 9. The molecule has 16 rings (SSSR count). The molecule has 0 N–H and O–H groups in total. The summed E-state index contributed by atoms with van der Waals surface area (Å²) in [4.78, 5) is 117. The Hall–Kier alpha value is -5.71. The predicted molar refractivity (Wildman–Crippen MR) is 422 cm³/mol. The Morgan fingerprint density at radius 3 is 0.972 bits per heavy atom. The number of Topliss-reactive ketones (excluding diaryl/α,β-unsaturated/α-hetero) is 4. The summed E-state index contributed by atoms with van der Waals surface area (Å²) < 4.78 is 5.28. The molecule has 11 nitrogen and oxygen atoms in total. The summed E-state index contributed by atoms with van der Waals surface area (Å²) >= 11 is 0. The van der Waals surface area contributed by atoms with Crippen molar-refractivity contribution in [3.63, 3.8) is 0 Å². The van der Waals surface area contributed by atoms with E-state index in [0.29, 0.717) is 46.2 Å². The van der Waals surface area contributed by atoms with Crippen molar-refractivity contribution < 1.29 is 47.9 Å². The minimum atomic E-state index is -0.430. The number of amides is 1. The molecule has 9 saturated carbocycles. The van der Waals surface area contributed by atoms with Gasteiger partial charge in [-0.1, -0.05) is 153 Å². The Bertz CT molecular complexity index is 4350. The minimum Gasteiger partial charge on any atom is -0.469 e. The summed E-state index contributed by atoms with van der Waals surface area (Å²) in [7, 11) is 1.52. The van der Waals surface area contributed by atoms with Crippen LogP contribution in [0.15, 0.2) is 103 Å². The molecule has 1 heterocycles. The number of likely N-dealkylation sites (tertiary alicyclic amines) is 1. The first kappa shape index (κ1) is 78.0. The van der Waals surface area contributed by atoms with Gasteiger partial charge in [-0.2, -0.15) is 0 Å². The molecule has 107 heavy (non-hydrogen) atoms. The number of fused-ring (bicyclic) bond motifs is 21. The third-order valence-corrected chi connectivity index (χ3v) is 37.3. The number of nitrogens with zero attached hydrogens (tertiary/aromatic N) is 1. The molecule has 0 aromatic carbocycles. The van der Waals surface area contributed by atoms with Crippen LogP contribution in [0.4, 0.5) is 0 Å². The molecule has 16 aliphatic rings. The zero-order chi connectivity index (χ0) is 78.3. The highest BCUT2D eigenvalue weighted by Crippen LogP contribution is 2.80. The molecule has 1 amide bonds. The molecule has 3 unspecified atom stereocenters. The predicted octanol–water partition coefficient (Wildman–Crippen LogP) is 20.5. The lowest BCUT2D eigenvalue weighted by Gasteiger charge is -2.70. The van der Waals surface area contributed by atoms with Crippen LogP contribution < -0.4 is 0 Å². The van der Waals surface area contributed by atoms with E-state index in [1.807, 2.05) is 20.8 Å². The number of hydrogen-bond donors (Lipinski definition) is 0. The Kier molecular flexibility index (Phi) is 18.0. The topological polar surface area (TPSA) is 166 Å². The monoisotopic (exact) mass is 1460 g/mol. The summed E-state index contributed by atoms with van der Waals surface area (Å²) in [6.45, 7) is 51.8.